The van der Waals surface area contributed by atoms with Crippen molar-refractivity contribution in [3.8, 4) is 0 Å². The van der Waals surface area contributed by atoms with Crippen LogP contribution in [0, 0.1) is 5.92 Å². The van der Waals surface area contributed by atoms with Crippen LogP contribution in [-0.2, 0) is 54.8 Å². The van der Waals surface area contributed by atoms with E-state index in [4.69, 9.17) is 28.4 Å². The first kappa shape index (κ1) is 49.9. The number of ether oxygens (including phenoxy) is 6. The molecule has 0 bridgehead atoms. The molecule has 0 aliphatic carbocycles. The Labute approximate surface area is 377 Å². The molecular formula is C53H73N3O7. The Morgan fingerprint density at radius 3 is 1.51 bits per heavy atom. The predicted molar refractivity (Wildman–Crippen MR) is 250 cm³/mol. The van der Waals surface area contributed by atoms with Crippen molar-refractivity contribution >= 4 is 0 Å². The van der Waals surface area contributed by atoms with Crippen LogP contribution in [0.25, 0.3) is 10.4 Å². The molecule has 10 nitrogen and oxygen atoms in total. The van der Waals surface area contributed by atoms with Gasteiger partial charge in [0.05, 0.1) is 70.1 Å². The first-order valence-electron chi connectivity index (χ1n) is 23.6. The van der Waals surface area contributed by atoms with Gasteiger partial charge in [-0.1, -0.05) is 217 Å². The molecule has 0 radical (unpaired) electrons. The van der Waals surface area contributed by atoms with Gasteiger partial charge >= 0.3 is 0 Å². The highest BCUT2D eigenvalue weighted by atomic mass is 16.7. The van der Waals surface area contributed by atoms with Crippen LogP contribution in [0.2, 0.25) is 0 Å². The lowest BCUT2D eigenvalue weighted by Gasteiger charge is -2.45. The zero-order valence-electron chi connectivity index (χ0n) is 37.8. The van der Waals surface area contributed by atoms with Crippen LogP contribution in [0.15, 0.2) is 126 Å². The molecule has 5 rings (SSSR count). The van der Waals surface area contributed by atoms with Gasteiger partial charge in [0.15, 0.2) is 6.29 Å². The van der Waals surface area contributed by atoms with Crippen LogP contribution >= 0.6 is 0 Å². The van der Waals surface area contributed by atoms with Crippen LogP contribution in [0.3, 0.4) is 0 Å². The number of aliphatic hydroxyl groups excluding tert-OH is 1. The van der Waals surface area contributed by atoms with Crippen LogP contribution in [0.4, 0.5) is 0 Å². The molecule has 1 aliphatic rings. The highest BCUT2D eigenvalue weighted by Gasteiger charge is 2.46. The fraction of sp³-hybridized carbons (Fsp3) is 0.547. The summed E-state index contributed by atoms with van der Waals surface area (Å²) in [5.74, 6) is -0.222. The standard InChI is InChI=1S/C53H73N3O7/c1-3-4-5-6-7-8-9-10-11-12-13-26-35-48(58-37-43-27-18-14-19-28-43)51(60-39-45-31-22-16-23-32-45)47(55-56-54)41-62-53-52(61-40-46-33-24-17-25-34-46)50(42(2)49(36-57)63-53)59-38-44-29-20-15-21-30-44/h14-25,27-34,42,47-53,57H,3-13,26,35-41H2,1-2H3/t42-,47-,48+,49+,50-,51-,52+,53-/m0/s1. The van der Waals surface area contributed by atoms with E-state index >= 15 is 0 Å². The molecule has 4 aromatic rings. The van der Waals surface area contributed by atoms with E-state index in [2.05, 4.69) is 29.1 Å². The second kappa shape index (κ2) is 30.1. The lowest BCUT2D eigenvalue weighted by Crippen LogP contribution is -2.58. The van der Waals surface area contributed by atoms with Crippen molar-refractivity contribution < 1.29 is 33.5 Å². The minimum absolute atomic E-state index is 0.0407. The summed E-state index contributed by atoms with van der Waals surface area (Å²) < 4.78 is 40.0. The normalized spacial score (nSPS) is 20.1. The van der Waals surface area contributed by atoms with Crippen molar-refractivity contribution in [2.75, 3.05) is 13.2 Å². The second-order valence-corrected chi connectivity index (χ2v) is 17.0. The van der Waals surface area contributed by atoms with Crippen molar-refractivity contribution in [1.29, 1.82) is 0 Å². The number of aliphatic hydroxyl groups is 1. The minimum atomic E-state index is -0.950. The van der Waals surface area contributed by atoms with Gasteiger partial charge in [0.1, 0.15) is 6.10 Å². The SMILES string of the molecule is CCCCCCCCCCCCCC[C@@H](OCc1ccccc1)[C@@H](OCc1ccccc1)[C@H](CO[C@H]1O[C@H](CO)[C@H](C)[C@H](OCc2ccccc2)[C@H]1OCc1ccccc1)N=[N+]=[N-]. The molecule has 0 spiro atoms. The maximum atomic E-state index is 10.6. The topological polar surface area (TPSA) is 124 Å². The van der Waals surface area contributed by atoms with E-state index in [0.717, 1.165) is 41.5 Å². The summed E-state index contributed by atoms with van der Waals surface area (Å²) in [6.07, 6.45) is 12.0. The molecule has 1 fully saturated rings. The fourth-order valence-electron chi connectivity index (χ4n) is 8.33. The lowest BCUT2D eigenvalue weighted by molar-refractivity contribution is -0.309. The number of nitrogens with zero attached hydrogens (tertiary/aromatic N) is 3. The van der Waals surface area contributed by atoms with Gasteiger partial charge in [0.2, 0.25) is 0 Å². The molecule has 1 N–H and O–H groups in total. The van der Waals surface area contributed by atoms with Crippen LogP contribution in [-0.4, -0.2) is 61.2 Å². The van der Waals surface area contributed by atoms with E-state index in [1.807, 2.05) is 116 Å². The average Bonchev–Trinajstić information content (AvgIpc) is 3.33. The van der Waals surface area contributed by atoms with Gasteiger partial charge in [-0.15, -0.1) is 0 Å². The summed E-state index contributed by atoms with van der Waals surface area (Å²) in [5, 5.41) is 14.9. The molecule has 1 aliphatic heterocycles. The Morgan fingerprint density at radius 1 is 0.587 bits per heavy atom. The third-order valence-corrected chi connectivity index (χ3v) is 12.1. The van der Waals surface area contributed by atoms with E-state index < -0.39 is 42.9 Å². The molecule has 0 aromatic heterocycles. The number of benzene rings is 4. The van der Waals surface area contributed by atoms with Crippen LogP contribution < -0.4 is 0 Å². The maximum absolute atomic E-state index is 10.6. The quantitative estimate of drug-likeness (QED) is 0.0224. The van der Waals surface area contributed by atoms with Crippen molar-refractivity contribution in [3.63, 3.8) is 0 Å². The third-order valence-electron chi connectivity index (χ3n) is 12.1. The van der Waals surface area contributed by atoms with E-state index in [9.17, 15) is 10.6 Å². The van der Waals surface area contributed by atoms with Gasteiger partial charge in [-0.2, -0.15) is 0 Å². The summed E-state index contributed by atoms with van der Waals surface area (Å²) in [5.41, 5.74) is 14.1. The molecule has 1 saturated heterocycles. The summed E-state index contributed by atoms with van der Waals surface area (Å²) in [6.45, 7) is 5.34. The second-order valence-electron chi connectivity index (χ2n) is 17.0. The van der Waals surface area contributed by atoms with Crippen molar-refractivity contribution in [2.24, 2.45) is 11.0 Å². The molecule has 4 aromatic carbocycles. The summed E-state index contributed by atoms with van der Waals surface area (Å²) in [4.78, 5) is 3.33. The van der Waals surface area contributed by atoms with E-state index in [-0.39, 0.29) is 19.1 Å². The molecule has 63 heavy (non-hydrogen) atoms. The zero-order valence-corrected chi connectivity index (χ0v) is 37.8. The largest absolute Gasteiger partial charge is 0.394 e. The van der Waals surface area contributed by atoms with Gasteiger partial charge in [-0.25, -0.2) is 0 Å². The van der Waals surface area contributed by atoms with Gasteiger partial charge in [-0.3, -0.25) is 0 Å². The summed E-state index contributed by atoms with van der Waals surface area (Å²) >= 11 is 0. The average molecular weight is 864 g/mol. The summed E-state index contributed by atoms with van der Waals surface area (Å²) in [6, 6.07) is 39.3. The number of rotatable bonds is 32. The smallest absolute Gasteiger partial charge is 0.186 e. The molecule has 0 amide bonds. The number of hydrogen-bond acceptors (Lipinski definition) is 8. The highest BCUT2D eigenvalue weighted by molar-refractivity contribution is 5.16. The van der Waals surface area contributed by atoms with E-state index in [1.165, 1.54) is 64.2 Å². The van der Waals surface area contributed by atoms with Crippen LogP contribution in [0.1, 0.15) is 120 Å². The Kier molecular flexibility index (Phi) is 23.9. The Balaban J connectivity index is 1.34. The Bertz CT molecular complexity index is 1780. The fourth-order valence-corrected chi connectivity index (χ4v) is 8.33. The molecule has 10 heteroatoms. The Hall–Kier alpha value is -4.09. The van der Waals surface area contributed by atoms with E-state index in [0.29, 0.717) is 26.4 Å². The van der Waals surface area contributed by atoms with Crippen molar-refractivity contribution in [3.05, 3.63) is 154 Å². The number of unbranched alkanes of at least 4 members (excludes halogenated alkanes) is 11. The molecule has 1 heterocycles. The monoisotopic (exact) mass is 864 g/mol. The van der Waals surface area contributed by atoms with Gasteiger partial charge in [-0.05, 0) is 34.2 Å². The zero-order chi connectivity index (χ0) is 44.2. The minimum Gasteiger partial charge on any atom is -0.394 e. The van der Waals surface area contributed by atoms with Crippen LogP contribution in [0.5, 0.6) is 0 Å². The van der Waals surface area contributed by atoms with Gasteiger partial charge in [0.25, 0.3) is 0 Å². The lowest BCUT2D eigenvalue weighted by atomic mass is 9.90. The predicted octanol–water partition coefficient (Wildman–Crippen LogP) is 12.5. The Morgan fingerprint density at radius 2 is 1.03 bits per heavy atom. The molecule has 8 atom stereocenters. The third kappa shape index (κ3) is 18.1. The molecular weight excluding hydrogens is 791 g/mol. The van der Waals surface area contributed by atoms with Gasteiger partial charge in [0, 0.05) is 10.8 Å². The first-order chi connectivity index (χ1) is 31.1. The van der Waals surface area contributed by atoms with Crippen molar-refractivity contribution in [1.82, 2.24) is 0 Å². The first-order valence-corrected chi connectivity index (χ1v) is 23.6. The molecule has 342 valence electrons. The molecule has 0 unspecified atom stereocenters. The van der Waals surface area contributed by atoms with Crippen molar-refractivity contribution in [2.45, 2.75) is 167 Å². The number of azide groups is 1. The van der Waals surface area contributed by atoms with E-state index in [1.54, 1.807) is 0 Å². The van der Waals surface area contributed by atoms with Gasteiger partial charge < -0.3 is 33.5 Å². The number of hydrogen-bond donors (Lipinski definition) is 1. The summed E-state index contributed by atoms with van der Waals surface area (Å²) in [7, 11) is 0. The molecule has 0 saturated carbocycles. The maximum Gasteiger partial charge on any atom is 0.186 e. The highest BCUT2D eigenvalue weighted by Crippen LogP contribution is 2.33.